The van der Waals surface area contributed by atoms with E-state index in [1.807, 2.05) is 30.3 Å². The van der Waals surface area contributed by atoms with Crippen LogP contribution in [0.15, 0.2) is 35.5 Å². The average Bonchev–Trinajstić information content (AvgIpc) is 3.00. The van der Waals surface area contributed by atoms with Gasteiger partial charge in [-0.2, -0.15) is 0 Å². The highest BCUT2D eigenvalue weighted by atomic mass is 32.2. The summed E-state index contributed by atoms with van der Waals surface area (Å²) in [7, 11) is -1.91. The molecule has 0 N–H and O–H groups in total. The molecule has 0 saturated carbocycles. The molecule has 1 aliphatic heterocycles. The summed E-state index contributed by atoms with van der Waals surface area (Å²) in [5.74, 6) is 0.130. The van der Waals surface area contributed by atoms with Crippen LogP contribution in [0.1, 0.15) is 30.0 Å². The lowest BCUT2D eigenvalue weighted by Crippen LogP contribution is -2.08. The molecule has 3 atom stereocenters. The highest BCUT2D eigenvalue weighted by molar-refractivity contribution is 7.84. The Balaban J connectivity index is 2.02. The predicted octanol–water partition coefficient (Wildman–Crippen LogP) is 2.32. The van der Waals surface area contributed by atoms with Gasteiger partial charge in [-0.25, -0.2) is 22.7 Å². The molecule has 100 valence electrons. The highest BCUT2D eigenvalue weighted by Gasteiger charge is 2.36. The van der Waals surface area contributed by atoms with Crippen molar-refractivity contribution in [2.45, 2.75) is 23.8 Å². The van der Waals surface area contributed by atoms with Gasteiger partial charge in [0.05, 0.1) is 6.04 Å². The number of fused-ring (bicyclic) bond motifs is 1. The predicted molar refractivity (Wildman–Crippen MR) is 65.5 cm³/mol. The van der Waals surface area contributed by atoms with E-state index < -0.39 is 23.0 Å². The molecule has 0 radical (unpaired) electrons. The first-order valence-electron chi connectivity index (χ1n) is 5.80. The minimum atomic E-state index is -1.91. The molecule has 0 saturated heterocycles. The molecule has 19 heavy (non-hydrogen) atoms. The summed E-state index contributed by atoms with van der Waals surface area (Å²) in [6.45, 7) is 0. The Hall–Kier alpha value is -1.63. The van der Waals surface area contributed by atoms with E-state index >= 15 is 0 Å². The number of halogens is 2. The fourth-order valence-corrected chi connectivity index (χ4v) is 2.73. The van der Waals surface area contributed by atoms with Crippen molar-refractivity contribution in [1.82, 2.24) is 14.8 Å². The van der Waals surface area contributed by atoms with Crippen LogP contribution in [0.5, 0.6) is 0 Å². The fourth-order valence-electron chi connectivity index (χ4n) is 2.26. The van der Waals surface area contributed by atoms with E-state index in [-0.39, 0.29) is 23.4 Å². The zero-order valence-electron chi connectivity index (χ0n) is 9.87. The van der Waals surface area contributed by atoms with Gasteiger partial charge in [-0.1, -0.05) is 30.3 Å². The van der Waals surface area contributed by atoms with Crippen LogP contribution in [-0.2, 0) is 10.8 Å². The second kappa shape index (κ2) is 4.80. The largest absolute Gasteiger partial charge is 0.248 e. The van der Waals surface area contributed by atoms with Crippen LogP contribution < -0.4 is 0 Å². The number of hydrogen-bond donors (Lipinski definition) is 0. The summed E-state index contributed by atoms with van der Waals surface area (Å²) in [5, 5.41) is 3.86. The highest BCUT2D eigenvalue weighted by Crippen LogP contribution is 2.39. The van der Waals surface area contributed by atoms with E-state index in [0.29, 0.717) is 0 Å². The fraction of sp³-hybridized carbons (Fsp3) is 0.333. The van der Waals surface area contributed by atoms with Crippen molar-refractivity contribution in [3.63, 3.8) is 0 Å². The molecular formula is C12H11F2N3OS. The lowest BCUT2D eigenvalue weighted by molar-refractivity contribution is 0.327. The number of aromatic nitrogens is 3. The normalized spacial score (nSPS) is 23.3. The molecule has 2 heterocycles. The lowest BCUT2D eigenvalue weighted by atomic mass is 10.0. The molecule has 0 amide bonds. The minimum Gasteiger partial charge on any atom is -0.248 e. The van der Waals surface area contributed by atoms with Crippen LogP contribution in [-0.4, -0.2) is 25.0 Å². The van der Waals surface area contributed by atoms with Gasteiger partial charge in [0.1, 0.15) is 10.8 Å². The van der Waals surface area contributed by atoms with E-state index in [1.165, 1.54) is 4.68 Å². The quantitative estimate of drug-likeness (QED) is 0.868. The molecule has 1 aromatic heterocycles. The second-order valence-electron chi connectivity index (χ2n) is 4.28. The van der Waals surface area contributed by atoms with Crippen molar-refractivity contribution in [2.24, 2.45) is 0 Å². The second-order valence-corrected chi connectivity index (χ2v) is 5.56. The van der Waals surface area contributed by atoms with E-state index in [2.05, 4.69) is 10.1 Å². The Morgan fingerprint density at radius 1 is 1.37 bits per heavy atom. The molecule has 2 aromatic rings. The van der Waals surface area contributed by atoms with E-state index in [0.717, 1.165) is 5.56 Å². The van der Waals surface area contributed by atoms with Crippen molar-refractivity contribution in [2.75, 3.05) is 6.01 Å². The summed E-state index contributed by atoms with van der Waals surface area (Å²) >= 11 is 0. The Bertz CT molecular complexity index is 617. The Kier molecular flexibility index (Phi) is 3.14. The van der Waals surface area contributed by atoms with Crippen LogP contribution in [0.25, 0.3) is 0 Å². The van der Waals surface area contributed by atoms with Gasteiger partial charge in [0.2, 0.25) is 5.16 Å². The third-order valence-corrected chi connectivity index (χ3v) is 3.91. The molecular weight excluding hydrogens is 272 g/mol. The average molecular weight is 283 g/mol. The maximum atomic E-state index is 13.9. The van der Waals surface area contributed by atoms with Gasteiger partial charge in [-0.05, 0) is 5.56 Å². The SMILES string of the molecule is O=[S@](CF)c1nc2n(n1)[C@H](c1ccccc1)C[C@@H]2F. The van der Waals surface area contributed by atoms with Crippen molar-refractivity contribution in [3.8, 4) is 0 Å². The number of alkyl halides is 2. The lowest BCUT2D eigenvalue weighted by Gasteiger charge is -2.11. The summed E-state index contributed by atoms with van der Waals surface area (Å²) in [6, 6.07) is 8.01. The van der Waals surface area contributed by atoms with Crippen molar-refractivity contribution < 1.29 is 13.0 Å². The molecule has 0 spiro atoms. The summed E-state index contributed by atoms with van der Waals surface area (Å²) in [6.07, 6.45) is -1.01. The van der Waals surface area contributed by atoms with Crippen molar-refractivity contribution in [1.29, 1.82) is 0 Å². The van der Waals surface area contributed by atoms with E-state index in [4.69, 9.17) is 0 Å². The number of hydrogen-bond acceptors (Lipinski definition) is 3. The van der Waals surface area contributed by atoms with Gasteiger partial charge in [-0.3, -0.25) is 0 Å². The van der Waals surface area contributed by atoms with Gasteiger partial charge in [-0.15, -0.1) is 5.10 Å². The Morgan fingerprint density at radius 3 is 2.79 bits per heavy atom. The van der Waals surface area contributed by atoms with Crippen LogP contribution in [0.2, 0.25) is 0 Å². The zero-order valence-corrected chi connectivity index (χ0v) is 10.7. The topological polar surface area (TPSA) is 47.8 Å². The summed E-state index contributed by atoms with van der Waals surface area (Å²) < 4.78 is 39.0. The molecule has 0 unspecified atom stereocenters. The van der Waals surface area contributed by atoms with Crippen LogP contribution in [0.3, 0.4) is 0 Å². The Morgan fingerprint density at radius 2 is 2.11 bits per heavy atom. The molecule has 1 aromatic carbocycles. The Labute approximate surface area is 110 Å². The van der Waals surface area contributed by atoms with Gasteiger partial charge in [0.15, 0.2) is 18.0 Å². The smallest absolute Gasteiger partial charge is 0.241 e. The van der Waals surface area contributed by atoms with Crippen molar-refractivity contribution in [3.05, 3.63) is 41.7 Å². The van der Waals surface area contributed by atoms with E-state index in [1.54, 1.807) is 0 Å². The summed E-state index contributed by atoms with van der Waals surface area (Å²) in [4.78, 5) is 3.85. The third kappa shape index (κ3) is 2.07. The number of nitrogens with zero attached hydrogens (tertiary/aromatic N) is 3. The molecule has 1 aliphatic rings. The number of rotatable bonds is 3. The van der Waals surface area contributed by atoms with Gasteiger partial charge >= 0.3 is 0 Å². The molecule has 3 rings (SSSR count). The molecule has 7 heteroatoms. The third-order valence-electron chi connectivity index (χ3n) is 3.13. The van der Waals surface area contributed by atoms with Gasteiger partial charge in [0.25, 0.3) is 0 Å². The van der Waals surface area contributed by atoms with Crippen LogP contribution >= 0.6 is 0 Å². The first-order valence-corrected chi connectivity index (χ1v) is 7.12. The first kappa shape index (κ1) is 12.4. The van der Waals surface area contributed by atoms with Crippen LogP contribution in [0.4, 0.5) is 8.78 Å². The molecule has 4 nitrogen and oxygen atoms in total. The molecule has 0 aliphatic carbocycles. The monoisotopic (exact) mass is 283 g/mol. The maximum absolute atomic E-state index is 13.9. The minimum absolute atomic E-state index is 0.130. The first-order chi connectivity index (χ1) is 9.20. The molecule has 0 bridgehead atoms. The zero-order chi connectivity index (χ0) is 13.4. The molecule has 0 fully saturated rings. The van der Waals surface area contributed by atoms with E-state index in [9.17, 15) is 13.0 Å². The summed E-state index contributed by atoms with van der Waals surface area (Å²) in [5.41, 5.74) is 0.909. The standard InChI is InChI=1S/C12H11F2N3OS/c13-7-19(18)12-15-11-9(14)6-10(17(11)16-12)8-4-2-1-3-5-8/h1-5,9-10H,6-7H2/t9-,10-,19+/m0/s1. The maximum Gasteiger partial charge on any atom is 0.241 e. The number of benzene rings is 1. The van der Waals surface area contributed by atoms with Crippen LogP contribution in [0, 0.1) is 0 Å². The van der Waals surface area contributed by atoms with Gasteiger partial charge in [0, 0.05) is 6.42 Å². The van der Waals surface area contributed by atoms with Crippen molar-refractivity contribution >= 4 is 10.8 Å². The van der Waals surface area contributed by atoms with Gasteiger partial charge < -0.3 is 0 Å².